The van der Waals surface area contributed by atoms with Gasteiger partial charge in [0.05, 0.1) is 10.8 Å². The molecule has 2 aromatic rings. The summed E-state index contributed by atoms with van der Waals surface area (Å²) in [6.45, 7) is 0. The van der Waals surface area contributed by atoms with Gasteiger partial charge in [-0.25, -0.2) is 0 Å². The Morgan fingerprint density at radius 3 is 2.50 bits per heavy atom. The first kappa shape index (κ1) is 14.8. The largest absolute Gasteiger partial charge is 0.315 e. The molecule has 0 aliphatic rings. The second-order valence-electron chi connectivity index (χ2n) is 4.24. The minimum absolute atomic E-state index is 0.0638. The molecular weight excluding hydrogens is 294 g/mol. The summed E-state index contributed by atoms with van der Waals surface area (Å²) in [5, 5.41) is 0.514. The minimum atomic E-state index is -1.39. The predicted octanol–water partition coefficient (Wildman–Crippen LogP) is 3.11. The van der Waals surface area contributed by atoms with Gasteiger partial charge in [0.25, 0.3) is 0 Å². The van der Waals surface area contributed by atoms with E-state index in [-0.39, 0.29) is 11.7 Å². The van der Waals surface area contributed by atoms with Gasteiger partial charge in [0.1, 0.15) is 5.75 Å². The maximum atomic E-state index is 12.1. The number of hydrogen-bond acceptors (Lipinski definition) is 2. The highest BCUT2D eigenvalue weighted by Gasteiger charge is 2.15. The zero-order valence-corrected chi connectivity index (χ0v) is 12.5. The molecule has 0 radical (unpaired) electrons. The first-order valence-corrected chi connectivity index (χ1v) is 7.73. The van der Waals surface area contributed by atoms with E-state index in [1.165, 1.54) is 4.90 Å². The van der Waals surface area contributed by atoms with E-state index in [1.807, 2.05) is 30.3 Å². The SMILES string of the molecule is CN(C(=O)C[S@](=O)c1cccc(Cl)c1)c1ccccc1. The third kappa shape index (κ3) is 3.68. The van der Waals surface area contributed by atoms with Crippen LogP contribution in [0.25, 0.3) is 0 Å². The Labute approximate surface area is 125 Å². The van der Waals surface area contributed by atoms with E-state index < -0.39 is 10.8 Å². The second kappa shape index (κ2) is 6.68. The zero-order valence-electron chi connectivity index (χ0n) is 11.0. The predicted molar refractivity (Wildman–Crippen MR) is 82.6 cm³/mol. The van der Waals surface area contributed by atoms with E-state index in [9.17, 15) is 9.00 Å². The van der Waals surface area contributed by atoms with Crippen LogP contribution in [-0.2, 0) is 15.6 Å². The van der Waals surface area contributed by atoms with Crippen molar-refractivity contribution in [3.05, 3.63) is 59.6 Å². The highest BCUT2D eigenvalue weighted by Crippen LogP contribution is 2.16. The van der Waals surface area contributed by atoms with Crippen molar-refractivity contribution in [2.45, 2.75) is 4.90 Å². The van der Waals surface area contributed by atoms with Crippen molar-refractivity contribution in [1.82, 2.24) is 0 Å². The molecule has 0 bridgehead atoms. The fraction of sp³-hybridized carbons (Fsp3) is 0.133. The van der Waals surface area contributed by atoms with E-state index in [1.54, 1.807) is 31.3 Å². The molecule has 0 aliphatic carbocycles. The first-order valence-electron chi connectivity index (χ1n) is 6.03. The van der Waals surface area contributed by atoms with Crippen LogP contribution in [0.5, 0.6) is 0 Å². The average Bonchev–Trinajstić information content (AvgIpc) is 2.47. The maximum Gasteiger partial charge on any atom is 0.239 e. The molecule has 0 saturated carbocycles. The third-order valence-corrected chi connectivity index (χ3v) is 4.36. The summed E-state index contributed by atoms with van der Waals surface area (Å²) < 4.78 is 12.1. The Balaban J connectivity index is 2.06. The van der Waals surface area contributed by atoms with Crippen LogP contribution in [0.1, 0.15) is 0 Å². The molecule has 0 saturated heterocycles. The standard InChI is InChI=1S/C15H14ClNO2S/c1-17(13-7-3-2-4-8-13)15(18)11-20(19)14-9-5-6-12(16)10-14/h2-10H,11H2,1H3/t20-/m0/s1. The first-order chi connectivity index (χ1) is 9.58. The van der Waals surface area contributed by atoms with Crippen LogP contribution in [0, 0.1) is 0 Å². The van der Waals surface area contributed by atoms with Gasteiger partial charge < -0.3 is 4.90 Å². The average molecular weight is 308 g/mol. The van der Waals surface area contributed by atoms with Crippen molar-refractivity contribution in [3.63, 3.8) is 0 Å². The smallest absolute Gasteiger partial charge is 0.239 e. The van der Waals surface area contributed by atoms with Crippen molar-refractivity contribution in [2.24, 2.45) is 0 Å². The van der Waals surface area contributed by atoms with E-state index in [2.05, 4.69) is 0 Å². The second-order valence-corrected chi connectivity index (χ2v) is 6.12. The molecule has 104 valence electrons. The number of halogens is 1. The molecule has 20 heavy (non-hydrogen) atoms. The molecule has 0 heterocycles. The topological polar surface area (TPSA) is 37.4 Å². The number of rotatable bonds is 4. The summed E-state index contributed by atoms with van der Waals surface area (Å²) in [4.78, 5) is 14.2. The fourth-order valence-corrected chi connectivity index (χ4v) is 3.02. The zero-order chi connectivity index (χ0) is 14.5. The molecule has 1 atom stereocenters. The van der Waals surface area contributed by atoms with Crippen molar-refractivity contribution in [3.8, 4) is 0 Å². The van der Waals surface area contributed by atoms with Gasteiger partial charge in [0, 0.05) is 22.7 Å². The molecule has 0 unspecified atom stereocenters. The van der Waals surface area contributed by atoms with Crippen LogP contribution < -0.4 is 4.90 Å². The number of hydrogen-bond donors (Lipinski definition) is 0. The fourth-order valence-electron chi connectivity index (χ4n) is 1.70. The maximum absolute atomic E-state index is 12.1. The lowest BCUT2D eigenvalue weighted by Crippen LogP contribution is -2.30. The number of carbonyl (C=O) groups excluding carboxylic acids is 1. The van der Waals surface area contributed by atoms with Crippen molar-refractivity contribution in [2.75, 3.05) is 17.7 Å². The van der Waals surface area contributed by atoms with Crippen LogP contribution in [0.3, 0.4) is 0 Å². The normalized spacial score (nSPS) is 11.9. The number of anilines is 1. The molecule has 1 amide bonds. The van der Waals surface area contributed by atoms with Gasteiger partial charge in [0.15, 0.2) is 0 Å². The lowest BCUT2D eigenvalue weighted by molar-refractivity contribution is -0.115. The number of amides is 1. The van der Waals surface area contributed by atoms with Crippen LogP contribution >= 0.6 is 11.6 Å². The molecular formula is C15H14ClNO2S. The number of carbonyl (C=O) groups is 1. The van der Waals surface area contributed by atoms with Crippen molar-refractivity contribution >= 4 is 34.0 Å². The van der Waals surface area contributed by atoms with Crippen LogP contribution in [-0.4, -0.2) is 22.9 Å². The summed E-state index contributed by atoms with van der Waals surface area (Å²) in [7, 11) is 0.280. The van der Waals surface area contributed by atoms with Gasteiger partial charge in [-0.2, -0.15) is 0 Å². The highest BCUT2D eigenvalue weighted by atomic mass is 35.5. The summed E-state index contributed by atoms with van der Waals surface area (Å²) >= 11 is 5.85. The summed E-state index contributed by atoms with van der Waals surface area (Å²) in [5.74, 6) is -0.263. The van der Waals surface area contributed by atoms with Gasteiger partial charge in [-0.3, -0.25) is 9.00 Å². The summed E-state index contributed by atoms with van der Waals surface area (Å²) in [6, 6.07) is 16.0. The summed E-state index contributed by atoms with van der Waals surface area (Å²) in [5.41, 5.74) is 0.778. The molecule has 0 fully saturated rings. The lowest BCUT2D eigenvalue weighted by atomic mass is 10.3. The van der Waals surface area contributed by atoms with Gasteiger partial charge in [0.2, 0.25) is 5.91 Å². The molecule has 0 aromatic heterocycles. The molecule has 2 rings (SSSR count). The Hall–Kier alpha value is -1.65. The van der Waals surface area contributed by atoms with E-state index in [4.69, 9.17) is 11.6 Å². The van der Waals surface area contributed by atoms with Crippen LogP contribution in [0.15, 0.2) is 59.5 Å². The van der Waals surface area contributed by atoms with Crippen molar-refractivity contribution < 1.29 is 9.00 Å². The van der Waals surface area contributed by atoms with Gasteiger partial charge in [-0.05, 0) is 30.3 Å². The number of para-hydroxylation sites is 1. The van der Waals surface area contributed by atoms with Gasteiger partial charge in [-0.15, -0.1) is 0 Å². The molecule has 3 nitrogen and oxygen atoms in total. The molecule has 0 aliphatic heterocycles. The quantitative estimate of drug-likeness (QED) is 0.870. The monoisotopic (exact) mass is 307 g/mol. The molecule has 5 heteroatoms. The Kier molecular flexibility index (Phi) is 4.93. The Morgan fingerprint density at radius 2 is 1.85 bits per heavy atom. The van der Waals surface area contributed by atoms with Gasteiger partial charge in [-0.1, -0.05) is 35.9 Å². The molecule has 2 aromatic carbocycles. The molecule has 0 N–H and O–H groups in total. The summed E-state index contributed by atoms with van der Waals surface area (Å²) in [6.07, 6.45) is 0. The third-order valence-electron chi connectivity index (χ3n) is 2.83. The van der Waals surface area contributed by atoms with E-state index in [0.717, 1.165) is 5.69 Å². The lowest BCUT2D eigenvalue weighted by Gasteiger charge is -2.16. The number of nitrogens with zero attached hydrogens (tertiary/aromatic N) is 1. The Morgan fingerprint density at radius 1 is 1.15 bits per heavy atom. The highest BCUT2D eigenvalue weighted by molar-refractivity contribution is 7.85. The Bertz CT molecular complexity index is 631. The minimum Gasteiger partial charge on any atom is -0.315 e. The van der Waals surface area contributed by atoms with E-state index >= 15 is 0 Å². The van der Waals surface area contributed by atoms with Crippen molar-refractivity contribution in [1.29, 1.82) is 0 Å². The number of benzene rings is 2. The van der Waals surface area contributed by atoms with Crippen LogP contribution in [0.2, 0.25) is 5.02 Å². The molecule has 0 spiro atoms. The van der Waals surface area contributed by atoms with E-state index in [0.29, 0.717) is 9.92 Å². The van der Waals surface area contributed by atoms with Gasteiger partial charge >= 0.3 is 0 Å². The van der Waals surface area contributed by atoms with Crippen LogP contribution in [0.4, 0.5) is 5.69 Å².